The van der Waals surface area contributed by atoms with Crippen LogP contribution in [-0.4, -0.2) is 33.4 Å². The monoisotopic (exact) mass is 366 g/mol. The largest absolute Gasteiger partial charge is 0.396 e. The van der Waals surface area contributed by atoms with Gasteiger partial charge in [0.1, 0.15) is 0 Å². The zero-order valence-electron chi connectivity index (χ0n) is 15.5. The first-order valence-corrected chi connectivity index (χ1v) is 8.76. The van der Waals surface area contributed by atoms with E-state index in [0.29, 0.717) is 18.3 Å². The number of pyridine rings is 1. The lowest BCUT2D eigenvalue weighted by Crippen LogP contribution is -2.43. The Morgan fingerprint density at radius 1 is 1.26 bits per heavy atom. The normalized spacial score (nSPS) is 13.6. The van der Waals surface area contributed by atoms with Crippen LogP contribution in [0.25, 0.3) is 22.8 Å². The molecule has 0 saturated heterocycles. The highest BCUT2D eigenvalue weighted by Gasteiger charge is 2.26. The minimum atomic E-state index is -0.223. The zero-order valence-corrected chi connectivity index (χ0v) is 15.5. The van der Waals surface area contributed by atoms with Crippen LogP contribution in [0.3, 0.4) is 0 Å². The summed E-state index contributed by atoms with van der Waals surface area (Å²) >= 11 is 0. The molecule has 8 heteroatoms. The number of aliphatic hydroxyl groups is 1. The van der Waals surface area contributed by atoms with Gasteiger partial charge in [-0.05, 0) is 36.8 Å². The molecule has 1 aliphatic rings. The molecule has 4 rings (SSSR count). The third kappa shape index (κ3) is 3.36. The van der Waals surface area contributed by atoms with Crippen LogP contribution in [0.5, 0.6) is 0 Å². The molecule has 140 valence electrons. The van der Waals surface area contributed by atoms with Crippen molar-refractivity contribution in [3.63, 3.8) is 0 Å². The number of nitrogens with zero attached hydrogens (tertiary/aromatic N) is 4. The molecule has 0 spiro atoms. The Morgan fingerprint density at radius 2 is 2.11 bits per heavy atom. The molecule has 3 aromatic rings. The number of hydrazine groups is 2. The average Bonchev–Trinajstić information content (AvgIpc) is 3.29. The van der Waals surface area contributed by atoms with Crippen LogP contribution in [0.15, 0.2) is 41.2 Å². The standard InChI is InChI=1S/C19H22N6O2/c1-12-6-7-20-9-14(12)18-21-17(23-27-18)13-4-5-16-15(8-13)22-24-25(16)10-19(2,3)11-26/h4-9,22,24,26H,10-11H2,1-3H3. The average molecular weight is 366 g/mol. The van der Waals surface area contributed by atoms with Gasteiger partial charge in [-0.25, -0.2) is 0 Å². The van der Waals surface area contributed by atoms with E-state index in [1.807, 2.05) is 50.0 Å². The lowest BCUT2D eigenvalue weighted by atomic mass is 9.94. The first kappa shape index (κ1) is 17.4. The minimum absolute atomic E-state index is 0.109. The molecule has 8 nitrogen and oxygen atoms in total. The summed E-state index contributed by atoms with van der Waals surface area (Å²) in [5, 5.41) is 15.6. The van der Waals surface area contributed by atoms with Gasteiger partial charge in [0.2, 0.25) is 5.82 Å². The van der Waals surface area contributed by atoms with Crippen molar-refractivity contribution >= 4 is 11.4 Å². The third-order valence-corrected chi connectivity index (χ3v) is 4.58. The Balaban J connectivity index is 1.60. The van der Waals surface area contributed by atoms with E-state index in [4.69, 9.17) is 4.52 Å². The number of aromatic nitrogens is 3. The molecular weight excluding hydrogens is 344 g/mol. The van der Waals surface area contributed by atoms with Gasteiger partial charge in [-0.3, -0.25) is 9.99 Å². The first-order chi connectivity index (χ1) is 13.0. The van der Waals surface area contributed by atoms with Crippen molar-refractivity contribution in [3.8, 4) is 22.8 Å². The van der Waals surface area contributed by atoms with Crippen LogP contribution in [0, 0.1) is 12.3 Å². The van der Waals surface area contributed by atoms with E-state index >= 15 is 0 Å². The summed E-state index contributed by atoms with van der Waals surface area (Å²) in [6, 6.07) is 7.83. The number of nitrogens with one attached hydrogen (secondary N) is 2. The summed E-state index contributed by atoms with van der Waals surface area (Å²) in [6.45, 7) is 6.78. The van der Waals surface area contributed by atoms with E-state index < -0.39 is 0 Å². The van der Waals surface area contributed by atoms with Crippen LogP contribution in [0.1, 0.15) is 19.4 Å². The molecule has 0 atom stereocenters. The molecule has 27 heavy (non-hydrogen) atoms. The number of anilines is 2. The molecule has 0 unspecified atom stereocenters. The molecule has 0 fully saturated rings. The van der Waals surface area contributed by atoms with Crippen molar-refractivity contribution in [2.75, 3.05) is 23.6 Å². The maximum atomic E-state index is 9.50. The van der Waals surface area contributed by atoms with Gasteiger partial charge >= 0.3 is 0 Å². The van der Waals surface area contributed by atoms with E-state index in [1.54, 1.807) is 12.4 Å². The van der Waals surface area contributed by atoms with E-state index in [-0.39, 0.29) is 12.0 Å². The Kier molecular flexibility index (Phi) is 4.29. The highest BCUT2D eigenvalue weighted by atomic mass is 16.5. The smallest absolute Gasteiger partial charge is 0.260 e. The van der Waals surface area contributed by atoms with Gasteiger partial charge in [0.15, 0.2) is 0 Å². The van der Waals surface area contributed by atoms with Crippen LogP contribution >= 0.6 is 0 Å². The number of aryl methyl sites for hydroxylation is 1. The second kappa shape index (κ2) is 6.64. The lowest BCUT2D eigenvalue weighted by Gasteiger charge is -2.28. The molecule has 0 radical (unpaired) electrons. The van der Waals surface area contributed by atoms with Gasteiger partial charge in [-0.2, -0.15) is 4.98 Å². The molecular formula is C19H22N6O2. The second-order valence-corrected chi connectivity index (χ2v) is 7.49. The molecule has 2 aromatic heterocycles. The van der Waals surface area contributed by atoms with Crippen molar-refractivity contribution in [2.45, 2.75) is 20.8 Å². The molecule has 1 aromatic carbocycles. The predicted molar refractivity (Wildman–Crippen MR) is 103 cm³/mol. The zero-order chi connectivity index (χ0) is 19.0. The summed E-state index contributed by atoms with van der Waals surface area (Å²) in [6.07, 6.45) is 3.46. The maximum Gasteiger partial charge on any atom is 0.260 e. The van der Waals surface area contributed by atoms with E-state index in [0.717, 1.165) is 28.1 Å². The minimum Gasteiger partial charge on any atom is -0.396 e. The fourth-order valence-corrected chi connectivity index (χ4v) is 2.94. The fourth-order valence-electron chi connectivity index (χ4n) is 2.94. The molecule has 3 N–H and O–H groups in total. The second-order valence-electron chi connectivity index (χ2n) is 7.49. The van der Waals surface area contributed by atoms with Crippen LogP contribution in [-0.2, 0) is 0 Å². The van der Waals surface area contributed by atoms with Crippen molar-refractivity contribution in [3.05, 3.63) is 42.2 Å². The molecule has 1 aliphatic heterocycles. The molecule has 0 bridgehead atoms. The Bertz CT molecular complexity index is 968. The predicted octanol–water partition coefficient (Wildman–Crippen LogP) is 2.78. The van der Waals surface area contributed by atoms with Crippen molar-refractivity contribution < 1.29 is 9.63 Å². The summed E-state index contributed by atoms with van der Waals surface area (Å²) in [5.41, 5.74) is 10.7. The van der Waals surface area contributed by atoms with Crippen LogP contribution in [0.4, 0.5) is 11.4 Å². The van der Waals surface area contributed by atoms with E-state index in [2.05, 4.69) is 26.1 Å². The molecule has 0 saturated carbocycles. The number of rotatable bonds is 5. The number of hydrogen-bond acceptors (Lipinski definition) is 8. The van der Waals surface area contributed by atoms with Gasteiger partial charge in [-0.1, -0.05) is 19.0 Å². The number of aliphatic hydroxyl groups excluding tert-OH is 1. The number of fused-ring (bicyclic) bond motifs is 1. The summed E-state index contributed by atoms with van der Waals surface area (Å²) in [5.74, 6) is 0.973. The quantitative estimate of drug-likeness (QED) is 0.634. The van der Waals surface area contributed by atoms with Gasteiger partial charge < -0.3 is 15.1 Å². The molecule has 0 amide bonds. The Labute approximate surface area is 157 Å². The number of benzene rings is 1. The first-order valence-electron chi connectivity index (χ1n) is 8.76. The maximum absolute atomic E-state index is 9.50. The highest BCUT2D eigenvalue weighted by Crippen LogP contribution is 2.35. The van der Waals surface area contributed by atoms with Crippen molar-refractivity contribution in [2.24, 2.45) is 5.41 Å². The topological polar surface area (TPSA) is 99.3 Å². The third-order valence-electron chi connectivity index (χ3n) is 4.58. The lowest BCUT2D eigenvalue weighted by molar-refractivity contribution is 0.162. The highest BCUT2D eigenvalue weighted by molar-refractivity contribution is 5.78. The van der Waals surface area contributed by atoms with Crippen molar-refractivity contribution in [1.82, 2.24) is 20.7 Å². The van der Waals surface area contributed by atoms with Crippen LogP contribution < -0.4 is 16.0 Å². The SMILES string of the molecule is Cc1ccncc1-c1nc(-c2ccc3c(c2)NNN3CC(C)(C)CO)no1. The molecule has 3 heterocycles. The summed E-state index contributed by atoms with van der Waals surface area (Å²) in [7, 11) is 0. The van der Waals surface area contributed by atoms with Crippen molar-refractivity contribution in [1.29, 1.82) is 0 Å². The van der Waals surface area contributed by atoms with Gasteiger partial charge in [-0.15, -0.1) is 5.53 Å². The summed E-state index contributed by atoms with van der Waals surface area (Å²) in [4.78, 5) is 8.64. The van der Waals surface area contributed by atoms with Gasteiger partial charge in [0.25, 0.3) is 5.89 Å². The fraction of sp³-hybridized carbons (Fsp3) is 0.316. The van der Waals surface area contributed by atoms with Gasteiger partial charge in [0.05, 0.1) is 16.9 Å². The Hall–Kier alpha value is -2.97. The molecule has 0 aliphatic carbocycles. The van der Waals surface area contributed by atoms with Gasteiger partial charge in [0, 0.05) is 36.5 Å². The van der Waals surface area contributed by atoms with Crippen LogP contribution in [0.2, 0.25) is 0 Å². The van der Waals surface area contributed by atoms with E-state index in [1.165, 1.54) is 0 Å². The summed E-state index contributed by atoms with van der Waals surface area (Å²) < 4.78 is 5.43. The Morgan fingerprint density at radius 3 is 2.89 bits per heavy atom. The number of hydrogen-bond donors (Lipinski definition) is 3. The van der Waals surface area contributed by atoms with E-state index in [9.17, 15) is 5.11 Å².